The van der Waals surface area contributed by atoms with Crippen molar-refractivity contribution >= 4 is 5.82 Å². The van der Waals surface area contributed by atoms with Crippen LogP contribution in [0.4, 0.5) is 5.82 Å². The second-order valence-corrected chi connectivity index (χ2v) is 9.64. The van der Waals surface area contributed by atoms with E-state index >= 15 is 0 Å². The molecule has 2 aliphatic heterocycles. The topological polar surface area (TPSA) is 41.5 Å². The lowest BCUT2D eigenvalue weighted by Crippen LogP contribution is -2.41. The van der Waals surface area contributed by atoms with E-state index in [0.29, 0.717) is 12.1 Å². The highest BCUT2D eigenvalue weighted by atomic mass is 16.5. The van der Waals surface area contributed by atoms with Crippen molar-refractivity contribution in [2.75, 3.05) is 31.6 Å². The lowest BCUT2D eigenvalue weighted by Gasteiger charge is -2.42. The summed E-state index contributed by atoms with van der Waals surface area (Å²) in [5.41, 5.74) is 5.77. The Hall–Kier alpha value is -1.98. The van der Waals surface area contributed by atoms with Crippen LogP contribution in [0, 0.1) is 5.92 Å². The van der Waals surface area contributed by atoms with E-state index in [1.807, 2.05) is 13.3 Å². The molecular weight excluding hydrogens is 396 g/mol. The number of aromatic nitrogens is 2. The summed E-state index contributed by atoms with van der Waals surface area (Å²) in [5, 5.41) is 0. The molecular formula is C27H40N4O. The third-order valence-electron chi connectivity index (χ3n) is 7.47. The van der Waals surface area contributed by atoms with Crippen LogP contribution in [-0.4, -0.2) is 47.7 Å². The average Bonchev–Trinajstić information content (AvgIpc) is 2.84. The first-order valence-electron chi connectivity index (χ1n) is 12.6. The number of anilines is 1. The molecule has 0 N–H and O–H groups in total. The van der Waals surface area contributed by atoms with Crippen molar-refractivity contribution in [3.05, 3.63) is 53.0 Å². The maximum Gasteiger partial charge on any atom is 0.136 e. The highest BCUT2D eigenvalue weighted by Crippen LogP contribution is 2.41. The van der Waals surface area contributed by atoms with Crippen LogP contribution in [0.5, 0.6) is 0 Å². The fourth-order valence-corrected chi connectivity index (χ4v) is 5.69. The molecule has 3 heterocycles. The van der Waals surface area contributed by atoms with E-state index < -0.39 is 0 Å². The molecule has 1 aromatic carbocycles. The summed E-state index contributed by atoms with van der Waals surface area (Å²) in [6.45, 7) is 11.0. The third-order valence-corrected chi connectivity index (χ3v) is 7.47. The lowest BCUT2D eigenvalue weighted by atomic mass is 9.83. The summed E-state index contributed by atoms with van der Waals surface area (Å²) in [4.78, 5) is 14.4. The van der Waals surface area contributed by atoms with E-state index in [4.69, 9.17) is 9.72 Å². The maximum absolute atomic E-state index is 5.66. The Morgan fingerprint density at radius 1 is 1.06 bits per heavy atom. The Labute approximate surface area is 194 Å². The summed E-state index contributed by atoms with van der Waals surface area (Å²) in [7, 11) is 1.83. The van der Waals surface area contributed by atoms with E-state index in [1.165, 1.54) is 36.0 Å². The predicted molar refractivity (Wildman–Crippen MR) is 131 cm³/mol. The van der Waals surface area contributed by atoms with Gasteiger partial charge in [0.25, 0.3) is 0 Å². The zero-order valence-corrected chi connectivity index (χ0v) is 20.4. The first-order chi connectivity index (χ1) is 15.6. The summed E-state index contributed by atoms with van der Waals surface area (Å²) < 4.78 is 5.66. The lowest BCUT2D eigenvalue weighted by molar-refractivity contribution is 0.0285. The highest BCUT2D eigenvalue weighted by Gasteiger charge is 2.33. The standard InChI is InChI=1S/C27H40N4O/c1-5-21-9-7-10-22(6-2)26(21)25-15-20(3)12-14-31(25)27-23(16-28-19-29-27)17-30-13-8-11-24(18-30)32-4/h7,9-10,16,19-20,24-25H,5-6,8,11-15,17-18H2,1-4H3. The van der Waals surface area contributed by atoms with Crippen LogP contribution < -0.4 is 4.90 Å². The second-order valence-electron chi connectivity index (χ2n) is 9.64. The molecule has 4 rings (SSSR count). The van der Waals surface area contributed by atoms with Gasteiger partial charge in [-0.15, -0.1) is 0 Å². The minimum Gasteiger partial charge on any atom is -0.380 e. The van der Waals surface area contributed by atoms with Gasteiger partial charge in [0, 0.05) is 38.5 Å². The van der Waals surface area contributed by atoms with Crippen LogP contribution >= 0.6 is 0 Å². The minimum atomic E-state index is 0.337. The molecule has 0 saturated carbocycles. The van der Waals surface area contributed by atoms with Gasteiger partial charge in [-0.2, -0.15) is 0 Å². The predicted octanol–water partition coefficient (Wildman–Crippen LogP) is 5.19. The van der Waals surface area contributed by atoms with E-state index in [9.17, 15) is 0 Å². The molecule has 3 unspecified atom stereocenters. The van der Waals surface area contributed by atoms with Crippen molar-refractivity contribution in [3.8, 4) is 0 Å². The number of nitrogens with zero attached hydrogens (tertiary/aromatic N) is 4. The van der Waals surface area contributed by atoms with Crippen molar-refractivity contribution in [2.24, 2.45) is 5.92 Å². The zero-order chi connectivity index (χ0) is 22.5. The molecule has 174 valence electrons. The molecule has 2 aliphatic rings. The molecule has 0 bridgehead atoms. The third kappa shape index (κ3) is 4.99. The van der Waals surface area contributed by atoms with Gasteiger partial charge in [0.2, 0.25) is 0 Å². The zero-order valence-electron chi connectivity index (χ0n) is 20.4. The molecule has 3 atom stereocenters. The Morgan fingerprint density at radius 3 is 2.56 bits per heavy atom. The summed E-state index contributed by atoms with van der Waals surface area (Å²) >= 11 is 0. The average molecular weight is 437 g/mol. The Balaban J connectivity index is 1.68. The number of methoxy groups -OCH3 is 1. The quantitative estimate of drug-likeness (QED) is 0.597. The highest BCUT2D eigenvalue weighted by molar-refractivity contribution is 5.51. The van der Waals surface area contributed by atoms with Gasteiger partial charge >= 0.3 is 0 Å². The van der Waals surface area contributed by atoms with Crippen LogP contribution in [0.1, 0.15) is 74.8 Å². The Morgan fingerprint density at radius 2 is 1.84 bits per heavy atom. The summed E-state index contributed by atoms with van der Waals surface area (Å²) in [6, 6.07) is 7.26. The van der Waals surface area contributed by atoms with Crippen molar-refractivity contribution in [1.82, 2.24) is 14.9 Å². The van der Waals surface area contributed by atoms with Gasteiger partial charge in [-0.1, -0.05) is 39.0 Å². The molecule has 32 heavy (non-hydrogen) atoms. The molecule has 1 aromatic heterocycles. The molecule has 0 spiro atoms. The van der Waals surface area contributed by atoms with E-state index in [2.05, 4.69) is 53.8 Å². The number of hydrogen-bond acceptors (Lipinski definition) is 5. The monoisotopic (exact) mass is 436 g/mol. The first-order valence-corrected chi connectivity index (χ1v) is 12.6. The largest absolute Gasteiger partial charge is 0.380 e. The number of rotatable bonds is 7. The number of ether oxygens (including phenoxy) is 1. The van der Waals surface area contributed by atoms with Crippen LogP contribution in [0.15, 0.2) is 30.7 Å². The number of benzene rings is 1. The van der Waals surface area contributed by atoms with Crippen molar-refractivity contribution in [3.63, 3.8) is 0 Å². The van der Waals surface area contributed by atoms with E-state index in [0.717, 1.165) is 57.2 Å². The number of piperidine rings is 2. The van der Waals surface area contributed by atoms with Crippen molar-refractivity contribution in [2.45, 2.75) is 78.0 Å². The molecule has 5 nitrogen and oxygen atoms in total. The number of hydrogen-bond donors (Lipinski definition) is 0. The van der Waals surface area contributed by atoms with E-state index in [1.54, 1.807) is 11.9 Å². The van der Waals surface area contributed by atoms with Crippen LogP contribution in [0.25, 0.3) is 0 Å². The van der Waals surface area contributed by atoms with E-state index in [-0.39, 0.29) is 0 Å². The van der Waals surface area contributed by atoms with Crippen LogP contribution in [0.2, 0.25) is 0 Å². The summed E-state index contributed by atoms with van der Waals surface area (Å²) in [6.07, 6.45) is 11.0. The normalized spacial score (nSPS) is 24.6. The number of likely N-dealkylation sites (tertiary alicyclic amines) is 1. The van der Waals surface area contributed by atoms with Crippen LogP contribution in [-0.2, 0) is 24.1 Å². The molecule has 0 radical (unpaired) electrons. The fraction of sp³-hybridized carbons (Fsp3) is 0.630. The van der Waals surface area contributed by atoms with Gasteiger partial charge in [-0.3, -0.25) is 4.90 Å². The SMILES string of the molecule is CCc1cccc(CC)c1C1CC(C)CCN1c1ncncc1CN1CCCC(OC)C1. The summed E-state index contributed by atoms with van der Waals surface area (Å²) in [5.74, 6) is 1.85. The molecule has 5 heteroatoms. The molecule has 2 aromatic rings. The van der Waals surface area contributed by atoms with Gasteiger partial charge in [-0.05, 0) is 67.7 Å². The Kier molecular flexibility index (Phi) is 7.80. The first kappa shape index (κ1) is 23.2. The Bertz CT molecular complexity index is 863. The maximum atomic E-state index is 5.66. The van der Waals surface area contributed by atoms with Crippen LogP contribution in [0.3, 0.4) is 0 Å². The van der Waals surface area contributed by atoms with Gasteiger partial charge in [0.05, 0.1) is 12.1 Å². The molecule has 0 amide bonds. The smallest absolute Gasteiger partial charge is 0.136 e. The van der Waals surface area contributed by atoms with Gasteiger partial charge in [0.1, 0.15) is 12.1 Å². The van der Waals surface area contributed by atoms with Gasteiger partial charge in [-0.25, -0.2) is 9.97 Å². The second kappa shape index (κ2) is 10.8. The van der Waals surface area contributed by atoms with Crippen molar-refractivity contribution in [1.29, 1.82) is 0 Å². The minimum absolute atomic E-state index is 0.337. The molecule has 2 saturated heterocycles. The fourth-order valence-electron chi connectivity index (χ4n) is 5.69. The van der Waals surface area contributed by atoms with Gasteiger partial charge in [0.15, 0.2) is 0 Å². The van der Waals surface area contributed by atoms with Crippen molar-refractivity contribution < 1.29 is 4.74 Å². The number of aryl methyl sites for hydroxylation is 2. The molecule has 2 fully saturated rings. The van der Waals surface area contributed by atoms with Gasteiger partial charge < -0.3 is 9.64 Å². The molecule has 0 aliphatic carbocycles.